The van der Waals surface area contributed by atoms with Crippen LogP contribution >= 0.6 is 0 Å². The molecule has 2 aliphatic rings. The van der Waals surface area contributed by atoms with Crippen molar-refractivity contribution < 1.29 is 27.5 Å². The van der Waals surface area contributed by atoms with Gasteiger partial charge in [0.15, 0.2) is 0 Å². The van der Waals surface area contributed by atoms with Crippen molar-refractivity contribution in [3.63, 3.8) is 0 Å². The number of hydrogen-bond acceptors (Lipinski definition) is 9. The van der Waals surface area contributed by atoms with Crippen LogP contribution in [0.2, 0.25) is 0 Å². The molecule has 13 heteroatoms. The molecule has 1 aromatic carbocycles. The lowest BCUT2D eigenvalue weighted by Crippen LogP contribution is -2.64. The van der Waals surface area contributed by atoms with Crippen molar-refractivity contribution in [2.45, 2.75) is 37.1 Å². The zero-order chi connectivity index (χ0) is 31.9. The number of aromatic nitrogens is 1. The highest BCUT2D eigenvalue weighted by Crippen LogP contribution is 2.30. The number of amides is 2. The summed E-state index contributed by atoms with van der Waals surface area (Å²) in [6.07, 6.45) is 3.07. The van der Waals surface area contributed by atoms with Gasteiger partial charge in [-0.15, -0.1) is 0 Å². The Bertz CT molecular complexity index is 1370. The van der Waals surface area contributed by atoms with Gasteiger partial charge in [0.2, 0.25) is 15.9 Å². The zero-order valence-corrected chi connectivity index (χ0v) is 27.4. The van der Waals surface area contributed by atoms with Gasteiger partial charge in [-0.3, -0.25) is 19.5 Å². The molecular formula is C31H46N6O6S. The number of hydrogen-bond donors (Lipinski definition) is 1. The van der Waals surface area contributed by atoms with Crippen molar-refractivity contribution in [1.82, 2.24) is 29.3 Å². The van der Waals surface area contributed by atoms with Crippen LogP contribution < -0.4 is 10.1 Å². The van der Waals surface area contributed by atoms with Gasteiger partial charge in [0.1, 0.15) is 18.1 Å². The van der Waals surface area contributed by atoms with Crippen LogP contribution in [-0.2, 0) is 19.6 Å². The minimum atomic E-state index is -3.74. The number of piperidine rings is 1. The van der Waals surface area contributed by atoms with Crippen molar-refractivity contribution in [3.8, 4) is 5.75 Å². The molecule has 1 aromatic heterocycles. The Morgan fingerprint density at radius 1 is 1.05 bits per heavy atom. The molecule has 44 heavy (non-hydrogen) atoms. The monoisotopic (exact) mass is 630 g/mol. The van der Waals surface area contributed by atoms with E-state index in [1.54, 1.807) is 62.4 Å². The smallest absolute Gasteiger partial charge is 0.269 e. The zero-order valence-electron chi connectivity index (χ0n) is 26.5. The van der Waals surface area contributed by atoms with Crippen LogP contribution in [0.3, 0.4) is 0 Å². The van der Waals surface area contributed by atoms with Crippen LogP contribution in [0.25, 0.3) is 0 Å². The molecule has 1 N–H and O–H groups in total. The minimum Gasteiger partial charge on any atom is -0.497 e. The number of carbonyl (C=O) groups is 2. The molecule has 2 fully saturated rings. The SMILES string of the molecule is COc1cc(C)c(S(=O)(=O)N(C)CCOCC(=O)N2CCC(CNC(=O)c3ccccn3)(N3CCN(C)CC3)CC2)c(C)c1. The number of nitrogens with one attached hydrogen (secondary N) is 1. The van der Waals surface area contributed by atoms with Gasteiger partial charge in [-0.1, -0.05) is 6.07 Å². The number of nitrogens with zero attached hydrogens (tertiary/aromatic N) is 5. The molecule has 0 aliphatic carbocycles. The first-order valence-electron chi connectivity index (χ1n) is 15.1. The van der Waals surface area contributed by atoms with E-state index in [1.165, 1.54) is 11.4 Å². The molecule has 0 saturated carbocycles. The van der Waals surface area contributed by atoms with Crippen molar-refractivity contribution in [2.75, 3.05) is 86.8 Å². The Labute approximate surface area is 261 Å². The Balaban J connectivity index is 1.29. The topological polar surface area (TPSA) is 125 Å². The maximum atomic E-state index is 13.3. The van der Waals surface area contributed by atoms with Gasteiger partial charge < -0.3 is 24.6 Å². The summed E-state index contributed by atoms with van der Waals surface area (Å²) in [7, 11) is 1.43. The highest BCUT2D eigenvalue weighted by atomic mass is 32.2. The highest BCUT2D eigenvalue weighted by molar-refractivity contribution is 7.89. The van der Waals surface area contributed by atoms with Gasteiger partial charge in [0, 0.05) is 71.1 Å². The average Bonchev–Trinajstić information content (AvgIpc) is 3.02. The number of benzene rings is 1. The lowest BCUT2D eigenvalue weighted by atomic mass is 9.84. The third-order valence-corrected chi connectivity index (χ3v) is 11.0. The number of sulfonamides is 1. The fourth-order valence-corrected chi connectivity index (χ4v) is 7.60. The summed E-state index contributed by atoms with van der Waals surface area (Å²) >= 11 is 0. The van der Waals surface area contributed by atoms with Crippen LogP contribution in [0.15, 0.2) is 41.4 Å². The fraction of sp³-hybridized carbons (Fsp3) is 0.581. The predicted octanol–water partition coefficient (Wildman–Crippen LogP) is 1.38. The van der Waals surface area contributed by atoms with E-state index in [1.807, 2.05) is 0 Å². The number of aryl methyl sites for hydroxylation is 2. The van der Waals surface area contributed by atoms with E-state index in [4.69, 9.17) is 9.47 Å². The lowest BCUT2D eigenvalue weighted by Gasteiger charge is -2.51. The second-order valence-corrected chi connectivity index (χ2v) is 13.7. The highest BCUT2D eigenvalue weighted by Gasteiger charge is 2.42. The quantitative estimate of drug-likeness (QED) is 0.347. The number of piperazine rings is 1. The van der Waals surface area contributed by atoms with Gasteiger partial charge in [0.25, 0.3) is 5.91 Å². The molecule has 2 aromatic rings. The molecule has 0 spiro atoms. The summed E-state index contributed by atoms with van der Waals surface area (Å²) in [4.78, 5) is 36.9. The number of rotatable bonds is 12. The Hall–Kier alpha value is -3.10. The molecule has 0 atom stereocenters. The lowest BCUT2D eigenvalue weighted by molar-refractivity contribution is -0.139. The van der Waals surface area contributed by atoms with E-state index in [0.717, 1.165) is 39.0 Å². The number of likely N-dealkylation sites (tertiary alicyclic amines) is 1. The maximum absolute atomic E-state index is 13.3. The summed E-state index contributed by atoms with van der Waals surface area (Å²) in [5.41, 5.74) is 1.36. The number of likely N-dealkylation sites (N-methyl/N-ethyl adjacent to an activating group) is 2. The third-order valence-electron chi connectivity index (χ3n) is 8.81. The summed E-state index contributed by atoms with van der Waals surface area (Å²) in [5.74, 6) is 0.285. The summed E-state index contributed by atoms with van der Waals surface area (Å²) < 4.78 is 38.7. The third kappa shape index (κ3) is 7.94. The van der Waals surface area contributed by atoms with Gasteiger partial charge >= 0.3 is 0 Å². The van der Waals surface area contributed by atoms with Crippen LogP contribution in [0.5, 0.6) is 5.75 Å². The second-order valence-electron chi connectivity index (χ2n) is 11.8. The summed E-state index contributed by atoms with van der Waals surface area (Å²) in [6, 6.07) is 8.68. The maximum Gasteiger partial charge on any atom is 0.269 e. The molecule has 0 bridgehead atoms. The molecule has 0 radical (unpaired) electrons. The number of carbonyl (C=O) groups excluding carboxylic acids is 2. The predicted molar refractivity (Wildman–Crippen MR) is 167 cm³/mol. The molecule has 2 aliphatic heterocycles. The van der Waals surface area contributed by atoms with Gasteiger partial charge in [-0.2, -0.15) is 4.31 Å². The van der Waals surface area contributed by atoms with Gasteiger partial charge in [0.05, 0.1) is 18.6 Å². The van der Waals surface area contributed by atoms with E-state index in [0.29, 0.717) is 42.2 Å². The average molecular weight is 631 g/mol. The molecule has 0 unspecified atom stereocenters. The number of ether oxygens (including phenoxy) is 2. The van der Waals surface area contributed by atoms with E-state index < -0.39 is 10.0 Å². The number of pyridine rings is 1. The Morgan fingerprint density at radius 3 is 2.30 bits per heavy atom. The van der Waals surface area contributed by atoms with Crippen molar-refractivity contribution >= 4 is 21.8 Å². The molecule has 2 saturated heterocycles. The van der Waals surface area contributed by atoms with E-state index in [-0.39, 0.29) is 42.0 Å². The molecule has 3 heterocycles. The summed E-state index contributed by atoms with van der Waals surface area (Å²) in [6.45, 7) is 8.88. The van der Waals surface area contributed by atoms with Crippen LogP contribution in [0.1, 0.15) is 34.5 Å². The van der Waals surface area contributed by atoms with Crippen molar-refractivity contribution in [2.24, 2.45) is 0 Å². The van der Waals surface area contributed by atoms with Crippen LogP contribution in [0, 0.1) is 13.8 Å². The molecule has 242 valence electrons. The van der Waals surface area contributed by atoms with Gasteiger partial charge in [-0.05, 0) is 69.1 Å². The largest absolute Gasteiger partial charge is 0.497 e. The standard InChI is InChI=1S/C31H46N6O6S/c1-24-20-26(42-5)21-25(2)29(24)44(40,41)35(4)18-19-43-22-28(38)36-12-9-31(10-13-36,37-16-14-34(3)15-17-37)23-33-30(39)27-8-6-7-11-32-27/h6-8,11,20-21H,9-10,12-19,22-23H2,1-5H3,(H,33,39). The van der Waals surface area contributed by atoms with E-state index in [2.05, 4.69) is 27.1 Å². The Kier molecular flexibility index (Phi) is 11.4. The molecule has 12 nitrogen and oxygen atoms in total. The van der Waals surface area contributed by atoms with Gasteiger partial charge in [-0.25, -0.2) is 8.42 Å². The van der Waals surface area contributed by atoms with Crippen LogP contribution in [-0.4, -0.2) is 137 Å². The first-order chi connectivity index (χ1) is 21.0. The second kappa shape index (κ2) is 14.8. The van der Waals surface area contributed by atoms with E-state index in [9.17, 15) is 18.0 Å². The number of methoxy groups -OCH3 is 1. The van der Waals surface area contributed by atoms with Crippen molar-refractivity contribution in [1.29, 1.82) is 0 Å². The molecular weight excluding hydrogens is 584 g/mol. The first kappa shape index (κ1) is 33.8. The van der Waals surface area contributed by atoms with Crippen molar-refractivity contribution in [3.05, 3.63) is 53.3 Å². The van der Waals surface area contributed by atoms with Crippen LogP contribution in [0.4, 0.5) is 0 Å². The summed E-state index contributed by atoms with van der Waals surface area (Å²) in [5, 5.41) is 3.11. The minimum absolute atomic E-state index is 0.0916. The normalized spacial score (nSPS) is 17.9. The Morgan fingerprint density at radius 2 is 1.70 bits per heavy atom. The van der Waals surface area contributed by atoms with E-state index >= 15 is 0 Å². The first-order valence-corrected chi connectivity index (χ1v) is 16.5. The molecule has 2 amide bonds. The fourth-order valence-electron chi connectivity index (χ4n) is 6.05. The molecule has 4 rings (SSSR count).